The monoisotopic (exact) mass is 544 g/mol. The number of benzene rings is 3. The fraction of sp³-hybridized carbons (Fsp3) is 0.0690. The first-order valence-corrected chi connectivity index (χ1v) is 12.4. The first kappa shape index (κ1) is 25.3. The number of furan rings is 1. The number of para-hydroxylation sites is 1. The van der Waals surface area contributed by atoms with Crippen LogP contribution < -0.4 is 19.7 Å². The molecule has 1 fully saturated rings. The maximum atomic E-state index is 13.3. The van der Waals surface area contributed by atoms with E-state index in [0.717, 1.165) is 5.56 Å². The van der Waals surface area contributed by atoms with E-state index in [9.17, 15) is 9.59 Å². The van der Waals surface area contributed by atoms with Gasteiger partial charge in [-0.05, 0) is 97.5 Å². The van der Waals surface area contributed by atoms with Crippen LogP contribution in [0, 0.1) is 6.92 Å². The fourth-order valence-electron chi connectivity index (χ4n) is 3.73. The van der Waals surface area contributed by atoms with E-state index in [-0.39, 0.29) is 17.3 Å². The number of carbonyl (C=O) groups is 2. The van der Waals surface area contributed by atoms with Gasteiger partial charge in [-0.3, -0.25) is 19.8 Å². The highest BCUT2D eigenvalue weighted by molar-refractivity contribution is 7.80. The number of carbonyl (C=O) groups excluding carboxylic acids is 2. The van der Waals surface area contributed by atoms with Crippen LogP contribution in [0.5, 0.6) is 17.2 Å². The Morgan fingerprint density at radius 3 is 2.39 bits per heavy atom. The maximum absolute atomic E-state index is 13.3. The molecule has 0 radical (unpaired) electrons. The summed E-state index contributed by atoms with van der Waals surface area (Å²) in [6.07, 6.45) is 1.38. The molecule has 0 aliphatic carbocycles. The SMILES string of the molecule is Cc1cc(OCc2ccc(/C=C3\C(=O)NC(=S)N(c4ccc(Oc5ccccc5)cc4)C3=O)o2)ccc1Cl. The summed E-state index contributed by atoms with van der Waals surface area (Å²) in [6, 6.07) is 24.9. The zero-order valence-electron chi connectivity index (χ0n) is 20.1. The zero-order valence-corrected chi connectivity index (χ0v) is 21.7. The van der Waals surface area contributed by atoms with Gasteiger partial charge in [0.15, 0.2) is 5.11 Å². The summed E-state index contributed by atoms with van der Waals surface area (Å²) in [4.78, 5) is 27.2. The van der Waals surface area contributed by atoms with Crippen molar-refractivity contribution < 1.29 is 23.5 Å². The minimum Gasteiger partial charge on any atom is -0.486 e. The second-order valence-corrected chi connectivity index (χ2v) is 9.16. The molecule has 1 N–H and O–H groups in total. The standard InChI is InChI=1S/C29H21ClN2O5S/c1-18-15-22(13-14-26(18)30)35-17-24-12-11-23(37-24)16-25-27(33)31-29(38)32(28(25)34)19-7-9-21(10-8-19)36-20-5-3-2-4-6-20/h2-16H,17H2,1H3,(H,31,33,38)/b25-16+. The lowest BCUT2D eigenvalue weighted by Gasteiger charge is -2.28. The van der Waals surface area contributed by atoms with Gasteiger partial charge in [0.1, 0.15) is 40.9 Å². The normalized spacial score (nSPS) is 14.5. The lowest BCUT2D eigenvalue weighted by atomic mass is 10.1. The molecule has 0 unspecified atom stereocenters. The van der Waals surface area contributed by atoms with E-state index in [2.05, 4.69) is 5.32 Å². The van der Waals surface area contributed by atoms with E-state index in [1.54, 1.807) is 48.5 Å². The summed E-state index contributed by atoms with van der Waals surface area (Å²) in [5.41, 5.74) is 1.27. The molecule has 4 aromatic rings. The van der Waals surface area contributed by atoms with Crippen LogP contribution in [0.4, 0.5) is 5.69 Å². The molecule has 190 valence electrons. The third-order valence-electron chi connectivity index (χ3n) is 5.66. The molecule has 0 atom stereocenters. The molecule has 0 bridgehead atoms. The van der Waals surface area contributed by atoms with Crippen molar-refractivity contribution in [2.24, 2.45) is 0 Å². The van der Waals surface area contributed by atoms with E-state index in [4.69, 9.17) is 37.7 Å². The summed E-state index contributed by atoms with van der Waals surface area (Å²) in [7, 11) is 0. The van der Waals surface area contributed by atoms with Gasteiger partial charge < -0.3 is 13.9 Å². The predicted octanol–water partition coefficient (Wildman–Crippen LogP) is 6.44. The first-order valence-electron chi connectivity index (χ1n) is 11.6. The van der Waals surface area contributed by atoms with Gasteiger partial charge in [0.05, 0.1) is 5.69 Å². The van der Waals surface area contributed by atoms with Gasteiger partial charge in [-0.2, -0.15) is 0 Å². The molecule has 1 aromatic heterocycles. The molecule has 1 aliphatic heterocycles. The Hall–Kier alpha value is -4.40. The first-order chi connectivity index (χ1) is 18.4. The number of rotatable bonds is 7. The van der Waals surface area contributed by atoms with Crippen molar-refractivity contribution in [3.8, 4) is 17.2 Å². The smallest absolute Gasteiger partial charge is 0.270 e. The average molecular weight is 545 g/mol. The Bertz CT molecular complexity index is 1550. The third kappa shape index (κ3) is 5.61. The van der Waals surface area contributed by atoms with Gasteiger partial charge in [0, 0.05) is 5.02 Å². The molecule has 5 rings (SSSR count). The Kier molecular flexibility index (Phi) is 7.26. The molecule has 2 heterocycles. The van der Waals surface area contributed by atoms with Crippen molar-refractivity contribution in [2.75, 3.05) is 4.90 Å². The quantitative estimate of drug-likeness (QED) is 0.164. The van der Waals surface area contributed by atoms with E-state index in [1.165, 1.54) is 11.0 Å². The van der Waals surface area contributed by atoms with Gasteiger partial charge in [-0.15, -0.1) is 0 Å². The predicted molar refractivity (Wildman–Crippen MR) is 148 cm³/mol. The van der Waals surface area contributed by atoms with Crippen LogP contribution in [-0.4, -0.2) is 16.9 Å². The molecule has 7 nitrogen and oxygen atoms in total. The van der Waals surface area contributed by atoms with Crippen LogP contribution in [0.25, 0.3) is 6.08 Å². The second-order valence-electron chi connectivity index (χ2n) is 8.37. The molecule has 38 heavy (non-hydrogen) atoms. The number of amides is 2. The van der Waals surface area contributed by atoms with Gasteiger partial charge in [0.25, 0.3) is 11.8 Å². The van der Waals surface area contributed by atoms with Crippen LogP contribution in [0.15, 0.2) is 94.9 Å². The van der Waals surface area contributed by atoms with Crippen molar-refractivity contribution in [3.05, 3.63) is 113 Å². The zero-order chi connectivity index (χ0) is 26.6. The van der Waals surface area contributed by atoms with E-state index in [1.807, 2.05) is 43.3 Å². The average Bonchev–Trinajstić information content (AvgIpc) is 3.36. The van der Waals surface area contributed by atoms with Crippen LogP contribution in [0.3, 0.4) is 0 Å². The Balaban J connectivity index is 1.30. The molecular weight excluding hydrogens is 524 g/mol. The number of hydrogen-bond acceptors (Lipinski definition) is 6. The number of anilines is 1. The highest BCUT2D eigenvalue weighted by Gasteiger charge is 2.34. The van der Waals surface area contributed by atoms with Gasteiger partial charge in [-0.25, -0.2) is 0 Å². The molecule has 9 heteroatoms. The van der Waals surface area contributed by atoms with E-state index >= 15 is 0 Å². The van der Waals surface area contributed by atoms with Crippen LogP contribution >= 0.6 is 23.8 Å². The van der Waals surface area contributed by atoms with Crippen LogP contribution in [0.1, 0.15) is 17.1 Å². The van der Waals surface area contributed by atoms with Crippen molar-refractivity contribution in [3.63, 3.8) is 0 Å². The Morgan fingerprint density at radius 1 is 0.947 bits per heavy atom. The summed E-state index contributed by atoms with van der Waals surface area (Å²) in [6.45, 7) is 2.05. The van der Waals surface area contributed by atoms with Crippen molar-refractivity contribution in [1.82, 2.24) is 5.32 Å². The summed E-state index contributed by atoms with van der Waals surface area (Å²) >= 11 is 11.3. The number of thiocarbonyl (C=S) groups is 1. The lowest BCUT2D eigenvalue weighted by molar-refractivity contribution is -0.122. The number of aryl methyl sites for hydroxylation is 1. The molecule has 0 spiro atoms. The lowest BCUT2D eigenvalue weighted by Crippen LogP contribution is -2.54. The molecule has 1 aliphatic rings. The minimum absolute atomic E-state index is 0.0133. The number of ether oxygens (including phenoxy) is 2. The van der Waals surface area contributed by atoms with Gasteiger partial charge in [-0.1, -0.05) is 29.8 Å². The summed E-state index contributed by atoms with van der Waals surface area (Å²) in [5.74, 6) is 1.60. The van der Waals surface area contributed by atoms with Crippen molar-refractivity contribution in [1.29, 1.82) is 0 Å². The number of hydrogen-bond donors (Lipinski definition) is 1. The van der Waals surface area contributed by atoms with Crippen molar-refractivity contribution in [2.45, 2.75) is 13.5 Å². The topological polar surface area (TPSA) is 81.0 Å². The summed E-state index contributed by atoms with van der Waals surface area (Å²) < 4.78 is 17.3. The Morgan fingerprint density at radius 2 is 1.66 bits per heavy atom. The molecule has 3 aromatic carbocycles. The number of nitrogens with one attached hydrogen (secondary N) is 1. The molecule has 2 amide bonds. The Labute approximate surface area is 229 Å². The van der Waals surface area contributed by atoms with Gasteiger partial charge in [0.2, 0.25) is 0 Å². The van der Waals surface area contributed by atoms with E-state index in [0.29, 0.717) is 39.5 Å². The molecular formula is C29H21ClN2O5S. The summed E-state index contributed by atoms with van der Waals surface area (Å²) in [5, 5.41) is 3.21. The largest absolute Gasteiger partial charge is 0.486 e. The van der Waals surface area contributed by atoms with Gasteiger partial charge >= 0.3 is 0 Å². The molecule has 1 saturated heterocycles. The van der Waals surface area contributed by atoms with Crippen molar-refractivity contribution >= 4 is 52.5 Å². The number of nitrogens with zero attached hydrogens (tertiary/aromatic N) is 1. The minimum atomic E-state index is -0.605. The second kappa shape index (κ2) is 10.9. The highest BCUT2D eigenvalue weighted by atomic mass is 35.5. The highest BCUT2D eigenvalue weighted by Crippen LogP contribution is 2.27. The van der Waals surface area contributed by atoms with Crippen LogP contribution in [-0.2, 0) is 16.2 Å². The van der Waals surface area contributed by atoms with Crippen LogP contribution in [0.2, 0.25) is 5.02 Å². The third-order valence-corrected chi connectivity index (χ3v) is 6.36. The molecule has 0 saturated carbocycles. The number of halogens is 1. The fourth-order valence-corrected chi connectivity index (χ4v) is 4.13. The van der Waals surface area contributed by atoms with E-state index < -0.39 is 11.8 Å². The maximum Gasteiger partial charge on any atom is 0.270 e.